The van der Waals surface area contributed by atoms with Crippen LogP contribution < -0.4 is 4.90 Å². The lowest BCUT2D eigenvalue weighted by Gasteiger charge is -2.30. The molecule has 0 saturated heterocycles. The number of anilines is 1. The van der Waals surface area contributed by atoms with E-state index in [-0.39, 0.29) is 0 Å². The number of rotatable bonds is 4. The second-order valence-electron chi connectivity index (χ2n) is 4.26. The topological polar surface area (TPSA) is 57.6 Å². The summed E-state index contributed by atoms with van der Waals surface area (Å²) in [6.07, 6.45) is 0. The number of alkyl halides is 2. The molecule has 1 amide bonds. The molecule has 0 aliphatic rings. The van der Waals surface area contributed by atoms with Gasteiger partial charge >= 0.3 is 5.97 Å². The molecular weight excluding hydrogens is 289 g/mol. The molecule has 1 aromatic carbocycles. The van der Waals surface area contributed by atoms with Crippen molar-refractivity contribution in [1.29, 1.82) is 0 Å². The van der Waals surface area contributed by atoms with Crippen molar-refractivity contribution in [2.24, 2.45) is 0 Å². The van der Waals surface area contributed by atoms with Gasteiger partial charge in [-0.15, -0.1) is 0 Å². The molecule has 1 rings (SSSR count). The van der Waals surface area contributed by atoms with Crippen LogP contribution in [0.25, 0.3) is 0 Å². The normalized spacial score (nSPS) is 12.3. The summed E-state index contributed by atoms with van der Waals surface area (Å²) in [5.74, 6) is -1.76. The summed E-state index contributed by atoms with van der Waals surface area (Å²) in [6, 6.07) is 4.39. The van der Waals surface area contributed by atoms with Crippen LogP contribution in [0.15, 0.2) is 18.2 Å². The van der Waals surface area contributed by atoms with Crippen molar-refractivity contribution in [2.45, 2.75) is 31.6 Å². The number of para-hydroxylation sites is 1. The fourth-order valence-electron chi connectivity index (χ4n) is 1.90. The van der Waals surface area contributed by atoms with E-state index in [0.717, 1.165) is 16.0 Å². The number of carboxylic acid groups (broad SMARTS) is 1. The van der Waals surface area contributed by atoms with E-state index in [0.29, 0.717) is 5.69 Å². The van der Waals surface area contributed by atoms with Gasteiger partial charge in [-0.25, -0.2) is 4.79 Å². The third-order valence-corrected chi connectivity index (χ3v) is 3.22. The Kier molecular flexibility index (Phi) is 5.20. The molecule has 1 aromatic rings. The maximum Gasteiger partial charge on any atom is 0.326 e. The highest BCUT2D eigenvalue weighted by Gasteiger charge is 2.32. The number of nitrogens with zero attached hydrogens (tertiary/aromatic N) is 1. The Morgan fingerprint density at radius 3 is 2.05 bits per heavy atom. The smallest absolute Gasteiger partial charge is 0.326 e. The number of carbonyl (C=O) groups excluding carboxylic acids is 1. The molecule has 0 bridgehead atoms. The number of hydrogen-bond donors (Lipinski definition) is 1. The first-order chi connectivity index (χ1) is 8.77. The molecule has 0 aliphatic carbocycles. The van der Waals surface area contributed by atoms with Gasteiger partial charge in [-0.1, -0.05) is 41.4 Å². The Balaban J connectivity index is 3.39. The first kappa shape index (κ1) is 15.8. The highest BCUT2D eigenvalue weighted by molar-refractivity contribution is 6.54. The van der Waals surface area contributed by atoms with Gasteiger partial charge in [0.25, 0.3) is 5.91 Å². The number of benzene rings is 1. The summed E-state index contributed by atoms with van der Waals surface area (Å²) in [5, 5.41) is 9.15. The van der Waals surface area contributed by atoms with E-state index < -0.39 is 22.8 Å². The number of halogens is 2. The van der Waals surface area contributed by atoms with Crippen LogP contribution in [-0.2, 0) is 9.59 Å². The fraction of sp³-hybridized carbons (Fsp3) is 0.385. The van der Waals surface area contributed by atoms with Gasteiger partial charge in [0.05, 0.1) is 5.69 Å². The molecule has 6 heteroatoms. The molecule has 0 fully saturated rings. The van der Waals surface area contributed by atoms with Gasteiger partial charge in [0.15, 0.2) is 4.84 Å². The Morgan fingerprint density at radius 2 is 1.68 bits per heavy atom. The molecule has 0 spiro atoms. The highest BCUT2D eigenvalue weighted by atomic mass is 35.5. The van der Waals surface area contributed by atoms with Gasteiger partial charge in [0.2, 0.25) is 0 Å². The molecular formula is C13H15Cl2NO3. The van der Waals surface area contributed by atoms with Crippen molar-refractivity contribution in [3.8, 4) is 0 Å². The summed E-state index contributed by atoms with van der Waals surface area (Å²) < 4.78 is 0. The lowest BCUT2D eigenvalue weighted by Crippen LogP contribution is -2.46. The molecule has 104 valence electrons. The Morgan fingerprint density at radius 1 is 1.21 bits per heavy atom. The molecule has 0 radical (unpaired) electrons. The maximum atomic E-state index is 12.1. The predicted molar refractivity (Wildman–Crippen MR) is 76.0 cm³/mol. The van der Waals surface area contributed by atoms with Crippen LogP contribution >= 0.6 is 23.2 Å². The third kappa shape index (κ3) is 3.39. The van der Waals surface area contributed by atoms with E-state index in [9.17, 15) is 9.59 Å². The number of aliphatic carboxylic acids is 1. The number of amides is 1. The second-order valence-corrected chi connectivity index (χ2v) is 5.36. The lowest BCUT2D eigenvalue weighted by atomic mass is 10.1. The van der Waals surface area contributed by atoms with Gasteiger partial charge in [-0.05, 0) is 31.9 Å². The van der Waals surface area contributed by atoms with Gasteiger partial charge in [0, 0.05) is 0 Å². The monoisotopic (exact) mass is 303 g/mol. The van der Waals surface area contributed by atoms with E-state index in [2.05, 4.69) is 0 Å². The predicted octanol–water partition coefficient (Wildman–Crippen LogP) is 2.91. The molecule has 1 N–H and O–H groups in total. The van der Waals surface area contributed by atoms with Crippen molar-refractivity contribution in [3.63, 3.8) is 0 Å². The van der Waals surface area contributed by atoms with Crippen molar-refractivity contribution in [3.05, 3.63) is 29.3 Å². The molecule has 0 heterocycles. The average Bonchev–Trinajstić information content (AvgIpc) is 2.32. The van der Waals surface area contributed by atoms with Gasteiger partial charge in [-0.2, -0.15) is 0 Å². The molecule has 4 nitrogen and oxygen atoms in total. The van der Waals surface area contributed by atoms with E-state index in [1.165, 1.54) is 6.92 Å². The van der Waals surface area contributed by atoms with Crippen molar-refractivity contribution in [2.75, 3.05) is 4.90 Å². The number of aryl methyl sites for hydroxylation is 2. The Labute approximate surface area is 121 Å². The summed E-state index contributed by atoms with van der Waals surface area (Å²) >= 11 is 11.2. The minimum absolute atomic E-state index is 0.536. The highest BCUT2D eigenvalue weighted by Crippen LogP contribution is 2.28. The van der Waals surface area contributed by atoms with Crippen LogP contribution in [0.1, 0.15) is 18.1 Å². The zero-order valence-electron chi connectivity index (χ0n) is 10.9. The van der Waals surface area contributed by atoms with Crippen LogP contribution in [0.4, 0.5) is 5.69 Å². The zero-order chi connectivity index (χ0) is 14.7. The quantitative estimate of drug-likeness (QED) is 0.870. The van der Waals surface area contributed by atoms with E-state index in [1.807, 2.05) is 6.07 Å². The maximum absolute atomic E-state index is 12.1. The third-order valence-electron chi connectivity index (χ3n) is 2.85. The summed E-state index contributed by atoms with van der Waals surface area (Å²) in [6.45, 7) is 5.02. The summed E-state index contributed by atoms with van der Waals surface area (Å²) in [5.41, 5.74) is 2.11. The van der Waals surface area contributed by atoms with Crippen LogP contribution in [0.2, 0.25) is 0 Å². The van der Waals surface area contributed by atoms with Crippen molar-refractivity contribution in [1.82, 2.24) is 0 Å². The van der Waals surface area contributed by atoms with E-state index in [4.69, 9.17) is 28.3 Å². The van der Waals surface area contributed by atoms with Crippen molar-refractivity contribution >= 4 is 40.8 Å². The van der Waals surface area contributed by atoms with Crippen molar-refractivity contribution < 1.29 is 14.7 Å². The minimum atomic E-state index is -1.30. The first-order valence-electron chi connectivity index (χ1n) is 5.67. The van der Waals surface area contributed by atoms with E-state index >= 15 is 0 Å². The molecule has 0 aliphatic heterocycles. The standard InChI is InChI=1S/C13H15Cl2NO3/c1-7-5-4-6-8(2)10(7)16(9(3)13(18)19)12(17)11(14)15/h4-6,9,11H,1-3H3,(H,18,19). The molecule has 0 saturated carbocycles. The van der Waals surface area contributed by atoms with E-state index in [1.54, 1.807) is 26.0 Å². The number of carbonyl (C=O) groups is 2. The Hall–Kier alpha value is -1.26. The lowest BCUT2D eigenvalue weighted by molar-refractivity contribution is -0.139. The average molecular weight is 304 g/mol. The largest absolute Gasteiger partial charge is 0.480 e. The minimum Gasteiger partial charge on any atom is -0.480 e. The molecule has 1 atom stereocenters. The molecule has 0 aromatic heterocycles. The number of hydrogen-bond acceptors (Lipinski definition) is 2. The Bertz CT molecular complexity index is 482. The van der Waals surface area contributed by atoms with Crippen LogP contribution in [0.5, 0.6) is 0 Å². The first-order valence-corrected chi connectivity index (χ1v) is 6.55. The van der Waals surface area contributed by atoms with Gasteiger partial charge in [-0.3, -0.25) is 9.69 Å². The van der Waals surface area contributed by atoms with Crippen LogP contribution in [0, 0.1) is 13.8 Å². The number of carboxylic acids is 1. The summed E-state index contributed by atoms with van der Waals surface area (Å²) in [4.78, 5) is 23.1. The molecule has 19 heavy (non-hydrogen) atoms. The van der Waals surface area contributed by atoms with Gasteiger partial charge in [0.1, 0.15) is 6.04 Å². The fourth-order valence-corrected chi connectivity index (χ4v) is 2.11. The SMILES string of the molecule is Cc1cccc(C)c1N(C(=O)C(Cl)Cl)C(C)C(=O)O. The van der Waals surface area contributed by atoms with Crippen LogP contribution in [-0.4, -0.2) is 27.9 Å². The van der Waals surface area contributed by atoms with Gasteiger partial charge < -0.3 is 5.11 Å². The second kappa shape index (κ2) is 6.26. The zero-order valence-corrected chi connectivity index (χ0v) is 12.4. The van der Waals surface area contributed by atoms with Crippen LogP contribution in [0.3, 0.4) is 0 Å². The summed E-state index contributed by atoms with van der Waals surface area (Å²) in [7, 11) is 0. The molecule has 1 unspecified atom stereocenters.